The van der Waals surface area contributed by atoms with Crippen LogP contribution in [0.1, 0.15) is 15.9 Å². The molecule has 1 amide bonds. The molecule has 2 N–H and O–H groups in total. The van der Waals surface area contributed by atoms with Crippen LogP contribution in [0.5, 0.6) is 5.75 Å². The van der Waals surface area contributed by atoms with E-state index in [4.69, 9.17) is 21.4 Å². The summed E-state index contributed by atoms with van der Waals surface area (Å²) in [6, 6.07) is 36.6. The lowest BCUT2D eigenvalue weighted by molar-refractivity contribution is -0.139. The van der Waals surface area contributed by atoms with Crippen LogP contribution < -0.4 is 10.2 Å². The van der Waals surface area contributed by atoms with Gasteiger partial charge in [-0.3, -0.25) is 4.79 Å². The summed E-state index contributed by atoms with van der Waals surface area (Å²) in [4.78, 5) is 23.4. The van der Waals surface area contributed by atoms with Gasteiger partial charge < -0.3 is 14.4 Å². The zero-order valence-corrected chi connectivity index (χ0v) is 22.0. The number of nitrogens with one attached hydrogen (secondary N) is 1. The maximum Gasteiger partial charge on any atom is 0.341 e. The van der Waals surface area contributed by atoms with Gasteiger partial charge in [0.2, 0.25) is 0 Å². The van der Waals surface area contributed by atoms with Crippen LogP contribution in [0.3, 0.4) is 0 Å². The van der Waals surface area contributed by atoms with Crippen molar-refractivity contribution in [2.45, 2.75) is 0 Å². The first kappa shape index (κ1) is 26.5. The molecule has 0 aliphatic carbocycles. The third-order valence-corrected chi connectivity index (χ3v) is 6.39. The van der Waals surface area contributed by atoms with Gasteiger partial charge in [0.15, 0.2) is 6.61 Å². The molecule has 5 rings (SSSR count). The van der Waals surface area contributed by atoms with Crippen molar-refractivity contribution in [3.05, 3.63) is 131 Å². The number of carboxylic acids is 1. The summed E-state index contributed by atoms with van der Waals surface area (Å²) in [5.41, 5.74) is 8.75. The number of hydrogen-bond donors (Lipinski definition) is 2. The second-order valence-corrected chi connectivity index (χ2v) is 9.20. The first-order valence-electron chi connectivity index (χ1n) is 12.4. The second-order valence-electron chi connectivity index (χ2n) is 8.79. The van der Waals surface area contributed by atoms with Gasteiger partial charge in [-0.2, -0.15) is 5.10 Å². The number of rotatable bonds is 9. The van der Waals surface area contributed by atoms with Crippen LogP contribution in [-0.2, 0) is 4.79 Å². The number of aliphatic carboxylic acids is 1. The van der Waals surface area contributed by atoms with Crippen LogP contribution in [-0.4, -0.2) is 34.4 Å². The van der Waals surface area contributed by atoms with E-state index in [1.807, 2.05) is 48.5 Å². The molecule has 0 radical (unpaired) electrons. The zero-order chi connectivity index (χ0) is 27.9. The van der Waals surface area contributed by atoms with Crippen LogP contribution in [0.25, 0.3) is 28.2 Å². The smallest absolute Gasteiger partial charge is 0.341 e. The van der Waals surface area contributed by atoms with E-state index in [9.17, 15) is 9.59 Å². The Morgan fingerprint density at radius 2 is 1.43 bits per heavy atom. The number of carboxylic acid groups (broad SMARTS) is 1. The molecule has 0 fully saturated rings. The third-order valence-electron chi connectivity index (χ3n) is 6.09. The zero-order valence-electron chi connectivity index (χ0n) is 21.2. The highest BCUT2D eigenvalue weighted by Crippen LogP contribution is 2.32. The standard InChI is InChI=1S/C32H24ClN3O4/c33-27-19-22(11-18-30(27)40-21-31(37)38)20-34-35-32(39)25-12-14-26(15-13-25)36-28(23-7-3-1-4-8-23)16-17-29(36)24-9-5-2-6-10-24/h1-20H,21H2,(H,35,39)(H,37,38)/b34-20-. The van der Waals surface area contributed by atoms with Crippen LogP contribution >= 0.6 is 11.6 Å². The minimum absolute atomic E-state index is 0.238. The van der Waals surface area contributed by atoms with Gasteiger partial charge >= 0.3 is 5.97 Å². The average molecular weight is 550 g/mol. The molecule has 198 valence electrons. The first-order valence-corrected chi connectivity index (χ1v) is 12.8. The number of aromatic nitrogens is 1. The quantitative estimate of drug-likeness (QED) is 0.158. The summed E-state index contributed by atoms with van der Waals surface area (Å²) in [5.74, 6) is -1.22. The summed E-state index contributed by atoms with van der Waals surface area (Å²) in [6.07, 6.45) is 1.44. The van der Waals surface area contributed by atoms with E-state index >= 15 is 0 Å². The van der Waals surface area contributed by atoms with E-state index in [-0.39, 0.29) is 16.7 Å². The predicted octanol–water partition coefficient (Wildman–Crippen LogP) is 6.69. The molecule has 0 saturated heterocycles. The number of carbonyl (C=O) groups excluding carboxylic acids is 1. The molecule has 40 heavy (non-hydrogen) atoms. The van der Waals surface area contributed by atoms with E-state index in [0.717, 1.165) is 28.2 Å². The van der Waals surface area contributed by atoms with Crippen LogP contribution in [0.4, 0.5) is 0 Å². The third kappa shape index (κ3) is 6.11. The number of hydrogen-bond acceptors (Lipinski definition) is 4. The summed E-state index contributed by atoms with van der Waals surface area (Å²) in [6.45, 7) is -0.493. The van der Waals surface area contributed by atoms with Gasteiger partial charge in [-0.05, 0) is 71.3 Å². The maximum absolute atomic E-state index is 12.7. The minimum Gasteiger partial charge on any atom is -0.480 e. The lowest BCUT2D eigenvalue weighted by atomic mass is 10.1. The highest BCUT2D eigenvalue weighted by molar-refractivity contribution is 6.32. The Balaban J connectivity index is 1.34. The normalized spacial score (nSPS) is 10.9. The molecule has 0 atom stereocenters. The van der Waals surface area contributed by atoms with E-state index < -0.39 is 12.6 Å². The molecule has 0 bridgehead atoms. The highest BCUT2D eigenvalue weighted by Gasteiger charge is 2.14. The van der Waals surface area contributed by atoms with E-state index in [1.54, 1.807) is 30.3 Å². The summed E-state index contributed by atoms with van der Waals surface area (Å²) < 4.78 is 7.29. The second kappa shape index (κ2) is 12.1. The summed E-state index contributed by atoms with van der Waals surface area (Å²) >= 11 is 6.14. The number of benzene rings is 4. The molecule has 1 aromatic heterocycles. The van der Waals surface area contributed by atoms with Crippen molar-refractivity contribution in [3.63, 3.8) is 0 Å². The average Bonchev–Trinajstić information content (AvgIpc) is 3.43. The number of carbonyl (C=O) groups is 2. The Morgan fingerprint density at radius 1 is 0.825 bits per heavy atom. The Hall–Kier alpha value is -5.14. The fourth-order valence-corrected chi connectivity index (χ4v) is 4.47. The van der Waals surface area contributed by atoms with Gasteiger partial charge in [0.1, 0.15) is 5.75 Å². The van der Waals surface area contributed by atoms with E-state index in [1.165, 1.54) is 6.21 Å². The first-order chi connectivity index (χ1) is 19.5. The molecule has 0 aliphatic heterocycles. The molecule has 7 nitrogen and oxygen atoms in total. The van der Waals surface area contributed by atoms with E-state index in [0.29, 0.717) is 11.1 Å². The Kier molecular flexibility index (Phi) is 8.04. The fraction of sp³-hybridized carbons (Fsp3) is 0.0312. The summed E-state index contributed by atoms with van der Waals surface area (Å²) in [5, 5.41) is 13.0. The SMILES string of the molecule is O=C(O)COc1ccc(/C=N\NC(=O)c2ccc(-n3c(-c4ccccc4)ccc3-c3ccccc3)cc2)cc1Cl. The van der Waals surface area contributed by atoms with Crippen molar-refractivity contribution in [3.8, 4) is 34.0 Å². The topological polar surface area (TPSA) is 92.9 Å². The Labute approximate surface area is 235 Å². The number of nitrogens with zero attached hydrogens (tertiary/aromatic N) is 2. The predicted molar refractivity (Wildman–Crippen MR) is 156 cm³/mol. The van der Waals surface area contributed by atoms with Crippen molar-refractivity contribution in [1.82, 2.24) is 9.99 Å². The molecule has 0 aliphatic rings. The lowest BCUT2D eigenvalue weighted by Gasteiger charge is -2.15. The van der Waals surface area contributed by atoms with Crippen molar-refractivity contribution < 1.29 is 19.4 Å². The fourth-order valence-electron chi connectivity index (χ4n) is 4.23. The largest absolute Gasteiger partial charge is 0.480 e. The molecule has 1 heterocycles. The van der Waals surface area contributed by atoms with Gasteiger partial charge in [0.05, 0.1) is 22.6 Å². The highest BCUT2D eigenvalue weighted by atomic mass is 35.5. The molecular weight excluding hydrogens is 526 g/mol. The summed E-state index contributed by atoms with van der Waals surface area (Å²) in [7, 11) is 0. The van der Waals surface area contributed by atoms with Gasteiger partial charge in [-0.25, -0.2) is 10.2 Å². The van der Waals surface area contributed by atoms with Gasteiger partial charge in [-0.15, -0.1) is 0 Å². The van der Waals surface area contributed by atoms with Crippen molar-refractivity contribution in [2.75, 3.05) is 6.61 Å². The number of hydrazone groups is 1. The molecule has 0 saturated carbocycles. The monoisotopic (exact) mass is 549 g/mol. The van der Waals surface area contributed by atoms with E-state index in [2.05, 4.69) is 51.5 Å². The Bertz CT molecular complexity index is 1610. The van der Waals surface area contributed by atoms with Crippen LogP contribution in [0.2, 0.25) is 5.02 Å². The van der Waals surface area contributed by atoms with Gasteiger partial charge in [0, 0.05) is 11.3 Å². The molecule has 4 aromatic carbocycles. The number of ether oxygens (including phenoxy) is 1. The Morgan fingerprint density at radius 3 is 1.98 bits per heavy atom. The number of amides is 1. The lowest BCUT2D eigenvalue weighted by Crippen LogP contribution is -2.17. The van der Waals surface area contributed by atoms with Gasteiger partial charge in [-0.1, -0.05) is 72.3 Å². The van der Waals surface area contributed by atoms with Gasteiger partial charge in [0.25, 0.3) is 5.91 Å². The van der Waals surface area contributed by atoms with Crippen LogP contribution in [0.15, 0.2) is 120 Å². The minimum atomic E-state index is -1.10. The van der Waals surface area contributed by atoms with Crippen molar-refractivity contribution in [2.24, 2.45) is 5.10 Å². The van der Waals surface area contributed by atoms with Crippen molar-refractivity contribution in [1.29, 1.82) is 0 Å². The molecule has 8 heteroatoms. The molecule has 0 unspecified atom stereocenters. The van der Waals surface area contributed by atoms with Crippen LogP contribution in [0, 0.1) is 0 Å². The molecule has 5 aromatic rings. The molecule has 0 spiro atoms. The molecular formula is C32H24ClN3O4. The maximum atomic E-state index is 12.7. The number of halogens is 1. The van der Waals surface area contributed by atoms with Crippen molar-refractivity contribution >= 4 is 29.7 Å².